The Morgan fingerprint density at radius 3 is 2.50 bits per heavy atom. The van der Waals surface area contributed by atoms with Crippen molar-refractivity contribution in [3.63, 3.8) is 0 Å². The summed E-state index contributed by atoms with van der Waals surface area (Å²) in [5.74, 6) is 5.10. The van der Waals surface area contributed by atoms with Gasteiger partial charge in [-0.2, -0.15) is 0 Å². The lowest BCUT2D eigenvalue weighted by Crippen LogP contribution is -2.28. The molecule has 2 aliphatic rings. The molecular weight excluding hydrogens is 311 g/mol. The minimum atomic E-state index is -0.184. The summed E-state index contributed by atoms with van der Waals surface area (Å²) < 4.78 is 0. The van der Waals surface area contributed by atoms with Crippen molar-refractivity contribution >= 4 is 8.58 Å². The van der Waals surface area contributed by atoms with Gasteiger partial charge in [-0.15, -0.1) is 0 Å². The van der Waals surface area contributed by atoms with Gasteiger partial charge in [0.15, 0.2) is 0 Å². The normalized spacial score (nSPS) is 30.0. The molecule has 0 heterocycles. The number of aliphatic hydroxyl groups excluding tert-OH is 1. The van der Waals surface area contributed by atoms with E-state index in [0.29, 0.717) is 14.5 Å². The maximum absolute atomic E-state index is 9.98. The second kappa shape index (κ2) is 7.54. The maximum atomic E-state index is 9.98. The predicted molar refractivity (Wildman–Crippen MR) is 108 cm³/mol. The van der Waals surface area contributed by atoms with E-state index in [9.17, 15) is 5.11 Å². The number of rotatable bonds is 4. The van der Waals surface area contributed by atoms with Crippen molar-refractivity contribution in [2.45, 2.75) is 60.5 Å². The molecule has 0 amide bonds. The molecule has 0 radical (unpaired) electrons. The summed E-state index contributed by atoms with van der Waals surface area (Å²) in [6, 6.07) is 0. The fourth-order valence-corrected chi connectivity index (χ4v) is 4.84. The fourth-order valence-electron chi connectivity index (χ4n) is 4.16. The Morgan fingerprint density at radius 1 is 1.17 bits per heavy atom. The van der Waals surface area contributed by atoms with Gasteiger partial charge in [-0.1, -0.05) is 89.4 Å². The Kier molecular flexibility index (Phi) is 6.10. The van der Waals surface area contributed by atoms with Crippen LogP contribution in [-0.2, 0) is 0 Å². The molecule has 24 heavy (non-hydrogen) atoms. The van der Waals surface area contributed by atoms with Crippen LogP contribution in [0.2, 0.25) is 0 Å². The van der Waals surface area contributed by atoms with Crippen LogP contribution in [0.5, 0.6) is 0 Å². The molecule has 0 aromatic rings. The summed E-state index contributed by atoms with van der Waals surface area (Å²) in [6.07, 6.45) is 12.9. The topological polar surface area (TPSA) is 20.2 Å². The molecule has 0 spiro atoms. The van der Waals surface area contributed by atoms with Crippen LogP contribution in [0.3, 0.4) is 0 Å². The summed E-state index contributed by atoms with van der Waals surface area (Å²) in [6.45, 7) is 13.5. The molecule has 0 aromatic heterocycles. The highest BCUT2D eigenvalue weighted by Crippen LogP contribution is 2.42. The molecule has 3 atom stereocenters. The quantitative estimate of drug-likeness (QED) is 0.589. The first-order chi connectivity index (χ1) is 11.1. The minimum absolute atomic E-state index is 0.0714. The molecular formula is C22H33OP. The standard InChI is InChI=1S/C22H33OP/c1-16-8-7-11-21(3,4)19(16)9-12-24-13-10-20-17(2)14-18(23)15-22(20,5)6/h7-13,18-19,23-24H,14-15H2,1-6H3/t18-,19+/m1/s1. The Morgan fingerprint density at radius 2 is 1.88 bits per heavy atom. The molecule has 2 aliphatic carbocycles. The lowest BCUT2D eigenvalue weighted by molar-refractivity contribution is 0.116. The molecule has 0 saturated carbocycles. The highest BCUT2D eigenvalue weighted by Gasteiger charge is 2.31. The molecule has 1 nitrogen and oxygen atoms in total. The number of hydrogen-bond donors (Lipinski definition) is 1. The van der Waals surface area contributed by atoms with Gasteiger partial charge in [-0.05, 0) is 43.1 Å². The van der Waals surface area contributed by atoms with Gasteiger partial charge < -0.3 is 5.11 Å². The van der Waals surface area contributed by atoms with Gasteiger partial charge >= 0.3 is 0 Å². The smallest absolute Gasteiger partial charge is 0.0585 e. The van der Waals surface area contributed by atoms with Crippen LogP contribution >= 0.6 is 8.58 Å². The average Bonchev–Trinajstić information content (AvgIpc) is 2.42. The fraction of sp³-hybridized carbons (Fsp3) is 0.545. The van der Waals surface area contributed by atoms with E-state index < -0.39 is 0 Å². The van der Waals surface area contributed by atoms with Gasteiger partial charge in [-0.25, -0.2) is 0 Å². The monoisotopic (exact) mass is 344 g/mol. The van der Waals surface area contributed by atoms with E-state index in [-0.39, 0.29) is 16.9 Å². The second-order valence-corrected chi connectivity index (χ2v) is 9.57. The van der Waals surface area contributed by atoms with Crippen molar-refractivity contribution in [2.75, 3.05) is 0 Å². The van der Waals surface area contributed by atoms with Crippen LogP contribution in [-0.4, -0.2) is 11.2 Å². The lowest BCUT2D eigenvalue weighted by Gasteiger charge is -2.35. The minimum Gasteiger partial charge on any atom is -0.393 e. The summed E-state index contributed by atoms with van der Waals surface area (Å²) in [7, 11) is 0.697. The SMILES string of the molecule is CC1=CC=CC(C)(C)[C@H]1C=CPC=CC1=C(C)C[C@@H](O)CC1(C)C. The second-order valence-electron chi connectivity index (χ2n) is 8.57. The van der Waals surface area contributed by atoms with Crippen LogP contribution in [0.15, 0.2) is 58.7 Å². The van der Waals surface area contributed by atoms with Gasteiger partial charge in [-0.3, -0.25) is 0 Å². The molecule has 0 aromatic carbocycles. The molecule has 2 heteroatoms. The summed E-state index contributed by atoms with van der Waals surface area (Å²) in [4.78, 5) is 0. The molecule has 1 unspecified atom stereocenters. The first kappa shape index (κ1) is 19.4. The summed E-state index contributed by atoms with van der Waals surface area (Å²) >= 11 is 0. The zero-order valence-electron chi connectivity index (χ0n) is 16.1. The van der Waals surface area contributed by atoms with Crippen LogP contribution in [0.1, 0.15) is 54.4 Å². The van der Waals surface area contributed by atoms with E-state index in [1.165, 1.54) is 16.7 Å². The average molecular weight is 344 g/mol. The number of aliphatic hydroxyl groups is 1. The van der Waals surface area contributed by atoms with E-state index in [2.05, 4.69) is 83.6 Å². The molecule has 0 aliphatic heterocycles. The molecule has 0 bridgehead atoms. The van der Waals surface area contributed by atoms with Gasteiger partial charge in [0.25, 0.3) is 0 Å². The van der Waals surface area contributed by atoms with Gasteiger partial charge in [0.1, 0.15) is 0 Å². The molecule has 132 valence electrons. The van der Waals surface area contributed by atoms with Crippen molar-refractivity contribution in [1.29, 1.82) is 0 Å². The lowest BCUT2D eigenvalue weighted by atomic mass is 9.72. The molecule has 2 rings (SSSR count). The van der Waals surface area contributed by atoms with Gasteiger partial charge in [0.2, 0.25) is 0 Å². The van der Waals surface area contributed by atoms with E-state index in [1.54, 1.807) is 0 Å². The largest absolute Gasteiger partial charge is 0.393 e. The van der Waals surface area contributed by atoms with Gasteiger partial charge in [0.05, 0.1) is 6.10 Å². The van der Waals surface area contributed by atoms with E-state index >= 15 is 0 Å². The third kappa shape index (κ3) is 4.58. The molecule has 0 fully saturated rings. The van der Waals surface area contributed by atoms with E-state index in [0.717, 1.165) is 12.8 Å². The van der Waals surface area contributed by atoms with Crippen molar-refractivity contribution in [1.82, 2.24) is 0 Å². The zero-order valence-corrected chi connectivity index (χ0v) is 17.1. The summed E-state index contributed by atoms with van der Waals surface area (Å²) in [5, 5.41) is 9.98. The highest BCUT2D eigenvalue weighted by atomic mass is 31.1. The Balaban J connectivity index is 2.01. The summed E-state index contributed by atoms with van der Waals surface area (Å²) in [5.41, 5.74) is 4.45. The first-order valence-electron chi connectivity index (χ1n) is 8.97. The highest BCUT2D eigenvalue weighted by molar-refractivity contribution is 7.45. The number of allylic oxidation sites excluding steroid dienone is 7. The van der Waals surface area contributed by atoms with E-state index in [4.69, 9.17) is 0 Å². The van der Waals surface area contributed by atoms with E-state index in [1.807, 2.05) is 0 Å². The third-order valence-electron chi connectivity index (χ3n) is 5.38. The Bertz CT molecular complexity index is 614. The van der Waals surface area contributed by atoms with Crippen molar-refractivity contribution in [2.24, 2.45) is 16.7 Å². The third-order valence-corrected chi connectivity index (χ3v) is 6.13. The number of hydrogen-bond acceptors (Lipinski definition) is 1. The van der Waals surface area contributed by atoms with Gasteiger partial charge in [0, 0.05) is 5.92 Å². The zero-order chi connectivity index (χ0) is 18.0. The van der Waals surface area contributed by atoms with Crippen LogP contribution in [0.25, 0.3) is 0 Å². The van der Waals surface area contributed by atoms with Crippen molar-refractivity contribution in [3.05, 3.63) is 58.7 Å². The van der Waals surface area contributed by atoms with Crippen molar-refractivity contribution < 1.29 is 5.11 Å². The van der Waals surface area contributed by atoms with Crippen LogP contribution in [0, 0.1) is 16.7 Å². The first-order valence-corrected chi connectivity index (χ1v) is 10.1. The predicted octanol–water partition coefficient (Wildman–Crippen LogP) is 6.35. The molecule has 0 saturated heterocycles. The van der Waals surface area contributed by atoms with Crippen LogP contribution < -0.4 is 0 Å². The van der Waals surface area contributed by atoms with Crippen molar-refractivity contribution in [3.8, 4) is 0 Å². The van der Waals surface area contributed by atoms with Crippen LogP contribution in [0.4, 0.5) is 0 Å². The molecule has 1 N–H and O–H groups in total. The Hall–Kier alpha value is -0.910. The maximum Gasteiger partial charge on any atom is 0.0585 e. The Labute approximate surface area is 150 Å².